The molecule has 5 nitrogen and oxygen atoms in total. The summed E-state index contributed by atoms with van der Waals surface area (Å²) in [6.07, 6.45) is 3.09. The summed E-state index contributed by atoms with van der Waals surface area (Å²) in [6.45, 7) is 4.16. The van der Waals surface area contributed by atoms with E-state index in [4.69, 9.17) is 21.1 Å². The van der Waals surface area contributed by atoms with Crippen LogP contribution in [0.5, 0.6) is 11.5 Å². The number of halogens is 1. The molecule has 0 radical (unpaired) electrons. The molecule has 0 saturated carbocycles. The van der Waals surface area contributed by atoms with Gasteiger partial charge in [0.05, 0.1) is 4.24 Å². The number of ether oxygens (including phenoxy) is 2. The van der Waals surface area contributed by atoms with Gasteiger partial charge in [-0.3, -0.25) is 9.59 Å². The average Bonchev–Trinajstić information content (AvgIpc) is 3.22. The normalized spacial score (nSPS) is 12.1. The first-order valence-electron chi connectivity index (χ1n) is 9.70. The summed E-state index contributed by atoms with van der Waals surface area (Å²) in [5, 5.41) is 3.38. The zero-order valence-corrected chi connectivity index (χ0v) is 19.5. The Morgan fingerprint density at radius 1 is 1.03 bits per heavy atom. The second-order valence-corrected chi connectivity index (χ2v) is 9.54. The highest BCUT2D eigenvalue weighted by molar-refractivity contribution is 8.22. The maximum atomic E-state index is 13.1. The maximum Gasteiger partial charge on any atom is 0.261 e. The number of rotatable bonds is 9. The number of anilines is 1. The van der Waals surface area contributed by atoms with Crippen LogP contribution in [0.25, 0.3) is 6.08 Å². The first-order chi connectivity index (χ1) is 15.0. The number of carbonyl (C=O) groups excluding carboxylic acids is 2. The topological polar surface area (TPSA) is 64.6 Å². The Balaban J connectivity index is 1.87. The van der Waals surface area contributed by atoms with Crippen LogP contribution in [-0.4, -0.2) is 30.0 Å². The van der Waals surface area contributed by atoms with Crippen LogP contribution in [0.2, 0.25) is 5.02 Å². The van der Waals surface area contributed by atoms with Gasteiger partial charge in [-0.1, -0.05) is 37.6 Å². The molecule has 0 atom stereocenters. The summed E-state index contributed by atoms with van der Waals surface area (Å²) in [6, 6.07) is 12.2. The van der Waals surface area contributed by atoms with Crippen molar-refractivity contribution in [3.8, 4) is 11.5 Å². The molecule has 1 amide bonds. The number of hydrogen-bond donors (Lipinski definition) is 1. The lowest BCUT2D eigenvalue weighted by Gasteiger charge is -2.12. The highest BCUT2D eigenvalue weighted by atomic mass is 35.5. The fourth-order valence-corrected chi connectivity index (χ4v) is 5.12. The van der Waals surface area contributed by atoms with Gasteiger partial charge in [0.1, 0.15) is 5.57 Å². The van der Waals surface area contributed by atoms with Gasteiger partial charge in [-0.15, -0.1) is 23.5 Å². The third-order valence-corrected chi connectivity index (χ3v) is 6.62. The molecule has 1 aliphatic heterocycles. The summed E-state index contributed by atoms with van der Waals surface area (Å²) in [4.78, 5) is 26.2. The molecule has 8 heteroatoms. The summed E-state index contributed by atoms with van der Waals surface area (Å²) < 4.78 is 11.4. The monoisotopic (exact) mass is 475 g/mol. The van der Waals surface area contributed by atoms with E-state index in [9.17, 15) is 9.59 Å². The molecular formula is C23H22ClNO4S2. The number of amides is 1. The number of hydrogen-bond acceptors (Lipinski definition) is 6. The van der Waals surface area contributed by atoms with E-state index in [-0.39, 0.29) is 18.1 Å². The van der Waals surface area contributed by atoms with E-state index >= 15 is 0 Å². The number of benzene rings is 2. The zero-order valence-electron chi connectivity index (χ0n) is 17.1. The Kier molecular flexibility index (Phi) is 8.51. The molecule has 1 N–H and O–H groups in total. The molecule has 1 aliphatic rings. The van der Waals surface area contributed by atoms with Crippen LogP contribution in [0.15, 0.2) is 58.4 Å². The molecule has 0 bridgehead atoms. The van der Waals surface area contributed by atoms with E-state index in [2.05, 4.69) is 5.32 Å². The Morgan fingerprint density at radius 3 is 2.39 bits per heavy atom. The molecule has 0 fully saturated rings. The van der Waals surface area contributed by atoms with E-state index in [1.807, 2.05) is 19.9 Å². The van der Waals surface area contributed by atoms with Gasteiger partial charge in [0.25, 0.3) is 5.91 Å². The van der Waals surface area contributed by atoms with Crippen LogP contribution >= 0.6 is 35.1 Å². The number of nitrogens with one attached hydrogen (secondary N) is 1. The van der Waals surface area contributed by atoms with Crippen LogP contribution < -0.4 is 14.8 Å². The van der Waals surface area contributed by atoms with Crippen molar-refractivity contribution in [1.82, 2.24) is 0 Å². The highest BCUT2D eigenvalue weighted by Crippen LogP contribution is 2.34. The molecule has 0 aromatic heterocycles. The number of allylic oxidation sites excluding steroid dienone is 1. The van der Waals surface area contributed by atoms with Crippen LogP contribution in [-0.2, 0) is 9.59 Å². The van der Waals surface area contributed by atoms with Crippen molar-refractivity contribution < 1.29 is 19.1 Å². The van der Waals surface area contributed by atoms with Crippen molar-refractivity contribution in [3.05, 3.63) is 68.9 Å². The van der Waals surface area contributed by atoms with Gasteiger partial charge in [0.2, 0.25) is 6.79 Å². The van der Waals surface area contributed by atoms with Crippen molar-refractivity contribution in [2.45, 2.75) is 13.8 Å². The van der Waals surface area contributed by atoms with Crippen LogP contribution in [0, 0.1) is 0 Å². The van der Waals surface area contributed by atoms with Crippen LogP contribution in [0.1, 0.15) is 19.4 Å². The second-order valence-electron chi connectivity index (χ2n) is 6.30. The van der Waals surface area contributed by atoms with Gasteiger partial charge < -0.3 is 14.8 Å². The first-order valence-corrected chi connectivity index (χ1v) is 12.1. The number of carbonyl (C=O) groups is 2. The Hall–Kier alpha value is -2.35. The van der Waals surface area contributed by atoms with Crippen molar-refractivity contribution in [2.75, 3.05) is 23.6 Å². The summed E-state index contributed by atoms with van der Waals surface area (Å²) in [7, 11) is 0. The van der Waals surface area contributed by atoms with Crippen molar-refractivity contribution in [3.63, 3.8) is 0 Å². The Labute approximate surface area is 195 Å². The third-order valence-electron chi connectivity index (χ3n) is 4.15. The van der Waals surface area contributed by atoms with E-state index in [1.54, 1.807) is 42.5 Å². The summed E-state index contributed by atoms with van der Waals surface area (Å²) in [5.41, 5.74) is 1.48. The van der Waals surface area contributed by atoms with Gasteiger partial charge in [0.15, 0.2) is 17.3 Å². The van der Waals surface area contributed by atoms with Crippen molar-refractivity contribution in [1.29, 1.82) is 0 Å². The van der Waals surface area contributed by atoms with E-state index < -0.39 is 5.91 Å². The van der Waals surface area contributed by atoms with E-state index in [1.165, 1.54) is 29.6 Å². The molecule has 0 saturated heterocycles. The van der Waals surface area contributed by atoms with Crippen molar-refractivity contribution in [2.24, 2.45) is 0 Å². The van der Waals surface area contributed by atoms with Gasteiger partial charge >= 0.3 is 0 Å². The minimum atomic E-state index is -0.445. The number of ketones is 1. The summed E-state index contributed by atoms with van der Waals surface area (Å²) >= 11 is 8.89. The van der Waals surface area contributed by atoms with E-state index in [0.717, 1.165) is 17.1 Å². The van der Waals surface area contributed by atoms with Crippen molar-refractivity contribution >= 4 is 58.6 Å². The molecule has 3 rings (SSSR count). The van der Waals surface area contributed by atoms with Gasteiger partial charge in [-0.25, -0.2) is 0 Å². The summed E-state index contributed by atoms with van der Waals surface area (Å²) in [5.74, 6) is 2.00. The standard InChI is InChI=1S/C23H22ClNO4S2/c1-3-30-23(31-4-2)21(22(27)25-17-9-7-16(24)8-10-17)18(26)11-5-15-6-12-19-20(13-15)29-14-28-19/h5-13H,3-4,14H2,1-2H3,(H,25,27)/b11-5+. The highest BCUT2D eigenvalue weighted by Gasteiger charge is 2.22. The Bertz CT molecular complexity index is 1010. The van der Waals surface area contributed by atoms with Crippen LogP contribution in [0.3, 0.4) is 0 Å². The lowest BCUT2D eigenvalue weighted by Crippen LogP contribution is -2.20. The second kappa shape index (κ2) is 11.3. The zero-order chi connectivity index (χ0) is 22.2. The molecular weight excluding hydrogens is 454 g/mol. The minimum Gasteiger partial charge on any atom is -0.454 e. The lowest BCUT2D eigenvalue weighted by atomic mass is 10.1. The predicted octanol–water partition coefficient (Wildman–Crippen LogP) is 6.01. The molecule has 0 spiro atoms. The third kappa shape index (κ3) is 6.32. The Morgan fingerprint density at radius 2 is 1.71 bits per heavy atom. The predicted molar refractivity (Wildman–Crippen MR) is 130 cm³/mol. The number of fused-ring (bicyclic) bond motifs is 1. The van der Waals surface area contributed by atoms with Gasteiger partial charge in [-0.05, 0) is 59.5 Å². The maximum absolute atomic E-state index is 13.1. The molecule has 0 unspecified atom stereocenters. The van der Waals surface area contributed by atoms with Gasteiger partial charge in [0, 0.05) is 10.7 Å². The largest absolute Gasteiger partial charge is 0.454 e. The molecule has 162 valence electrons. The minimum absolute atomic E-state index is 0.130. The lowest BCUT2D eigenvalue weighted by molar-refractivity contribution is -0.117. The molecule has 0 aliphatic carbocycles. The molecule has 2 aromatic rings. The quantitative estimate of drug-likeness (QED) is 0.272. The molecule has 1 heterocycles. The molecule has 31 heavy (non-hydrogen) atoms. The first kappa shape index (κ1) is 23.3. The van der Waals surface area contributed by atoms with Gasteiger partial charge in [-0.2, -0.15) is 0 Å². The van der Waals surface area contributed by atoms with E-state index in [0.29, 0.717) is 26.4 Å². The average molecular weight is 476 g/mol. The SMILES string of the molecule is CCSC(SCC)=C(C(=O)/C=C/c1ccc2c(c1)OCO2)C(=O)Nc1ccc(Cl)cc1. The smallest absolute Gasteiger partial charge is 0.261 e. The fraction of sp³-hybridized carbons (Fsp3) is 0.217. The fourth-order valence-electron chi connectivity index (χ4n) is 2.75. The number of thioether (sulfide) groups is 2. The molecule has 2 aromatic carbocycles. The van der Waals surface area contributed by atoms with Crippen LogP contribution in [0.4, 0.5) is 5.69 Å².